The van der Waals surface area contributed by atoms with Gasteiger partial charge in [-0.2, -0.15) is 0 Å². The largest absolute Gasteiger partial charge is 0.489 e. The molecule has 10 heteroatoms. The number of amides is 1. The molecule has 3 aromatic rings. The van der Waals surface area contributed by atoms with E-state index in [2.05, 4.69) is 15.4 Å². The summed E-state index contributed by atoms with van der Waals surface area (Å²) >= 11 is 12.8. The van der Waals surface area contributed by atoms with Crippen molar-refractivity contribution < 1.29 is 24.0 Å². The Labute approximate surface area is 219 Å². The number of hydrogen-bond donors (Lipinski definition) is 2. The fourth-order valence-corrected chi connectivity index (χ4v) is 4.79. The van der Waals surface area contributed by atoms with Gasteiger partial charge in [-0.25, -0.2) is 0 Å². The Morgan fingerprint density at radius 2 is 1.94 bits per heavy atom. The maximum atomic E-state index is 12.7. The molecule has 2 heterocycles. The van der Waals surface area contributed by atoms with Crippen molar-refractivity contribution in [1.82, 2.24) is 10.1 Å². The van der Waals surface area contributed by atoms with Crippen molar-refractivity contribution in [3.63, 3.8) is 0 Å². The summed E-state index contributed by atoms with van der Waals surface area (Å²) in [7, 11) is 0. The zero-order valence-corrected chi connectivity index (χ0v) is 21.6. The summed E-state index contributed by atoms with van der Waals surface area (Å²) in [5.74, 6) is -0.589. The van der Waals surface area contributed by atoms with E-state index < -0.39 is 11.9 Å². The number of rotatable bonds is 8. The monoisotopic (exact) mass is 531 g/mol. The van der Waals surface area contributed by atoms with Crippen LogP contribution >= 0.6 is 23.2 Å². The fraction of sp³-hybridized carbons (Fsp3) is 0.346. The highest BCUT2D eigenvalue weighted by molar-refractivity contribution is 6.33. The standard InChI is InChI=1S/C26H27Cl2N3O5/c1-14(2)35-23-7-5-17(9-21(23)28)29-25(32)22-10-24(36-30-22)18-6-4-16(8-20(18)27)12-31-11-15(3)19(13-31)26(33)34/h4-10,14-15,19H,11-13H2,1-3H3,(H,29,32)(H,33,34). The molecular formula is C26H27Cl2N3O5. The number of nitrogens with zero attached hydrogens (tertiary/aromatic N) is 2. The molecule has 2 aromatic carbocycles. The molecule has 1 aromatic heterocycles. The normalized spacial score (nSPS) is 17.9. The number of halogens is 2. The number of carbonyl (C=O) groups is 2. The van der Waals surface area contributed by atoms with Crippen LogP contribution in [0.25, 0.3) is 11.3 Å². The number of carboxylic acids is 1. The zero-order valence-electron chi connectivity index (χ0n) is 20.1. The molecular weight excluding hydrogens is 505 g/mol. The lowest BCUT2D eigenvalue weighted by Crippen LogP contribution is -2.23. The minimum atomic E-state index is -0.760. The number of nitrogens with one attached hydrogen (secondary N) is 1. The molecule has 36 heavy (non-hydrogen) atoms. The van der Waals surface area contributed by atoms with Gasteiger partial charge in [-0.05, 0) is 55.7 Å². The van der Waals surface area contributed by atoms with Crippen molar-refractivity contribution >= 4 is 40.8 Å². The van der Waals surface area contributed by atoms with E-state index in [1.54, 1.807) is 24.3 Å². The van der Waals surface area contributed by atoms with Crippen LogP contribution in [0.4, 0.5) is 5.69 Å². The number of likely N-dealkylation sites (tertiary alicyclic amines) is 1. The fourth-order valence-electron chi connectivity index (χ4n) is 4.27. The lowest BCUT2D eigenvalue weighted by atomic mass is 9.99. The number of ether oxygens (including phenoxy) is 1. The third-order valence-electron chi connectivity index (χ3n) is 6.01. The van der Waals surface area contributed by atoms with Crippen LogP contribution < -0.4 is 10.1 Å². The van der Waals surface area contributed by atoms with E-state index in [1.165, 1.54) is 6.07 Å². The Balaban J connectivity index is 1.41. The second-order valence-corrected chi connectivity index (χ2v) is 10.1. The molecule has 1 saturated heterocycles. The van der Waals surface area contributed by atoms with Crippen LogP contribution in [0.3, 0.4) is 0 Å². The lowest BCUT2D eigenvalue weighted by Gasteiger charge is -2.16. The minimum Gasteiger partial charge on any atom is -0.489 e. The van der Waals surface area contributed by atoms with E-state index in [0.29, 0.717) is 45.9 Å². The molecule has 8 nitrogen and oxygen atoms in total. The van der Waals surface area contributed by atoms with Gasteiger partial charge >= 0.3 is 5.97 Å². The van der Waals surface area contributed by atoms with Gasteiger partial charge in [0.25, 0.3) is 5.91 Å². The van der Waals surface area contributed by atoms with Crippen LogP contribution in [0.2, 0.25) is 10.0 Å². The molecule has 0 bridgehead atoms. The van der Waals surface area contributed by atoms with Crippen LogP contribution in [-0.4, -0.2) is 46.2 Å². The summed E-state index contributed by atoms with van der Waals surface area (Å²) in [6.07, 6.45) is -0.0226. The Hall–Kier alpha value is -3.07. The van der Waals surface area contributed by atoms with Gasteiger partial charge < -0.3 is 19.7 Å². The first-order chi connectivity index (χ1) is 17.1. The first kappa shape index (κ1) is 26.0. The highest BCUT2D eigenvalue weighted by atomic mass is 35.5. The first-order valence-corrected chi connectivity index (χ1v) is 12.3. The molecule has 2 unspecified atom stereocenters. The predicted octanol–water partition coefficient (Wildman–Crippen LogP) is 5.84. The maximum Gasteiger partial charge on any atom is 0.308 e. The summed E-state index contributed by atoms with van der Waals surface area (Å²) in [4.78, 5) is 26.2. The molecule has 2 atom stereocenters. The van der Waals surface area contributed by atoms with Crippen LogP contribution in [-0.2, 0) is 11.3 Å². The highest BCUT2D eigenvalue weighted by Crippen LogP contribution is 2.32. The van der Waals surface area contributed by atoms with Gasteiger partial charge in [-0.3, -0.25) is 14.5 Å². The van der Waals surface area contributed by atoms with Crippen molar-refractivity contribution in [1.29, 1.82) is 0 Å². The molecule has 1 aliphatic heterocycles. The van der Waals surface area contributed by atoms with Gasteiger partial charge in [-0.15, -0.1) is 0 Å². The SMILES string of the molecule is CC(C)Oc1ccc(NC(=O)c2cc(-c3ccc(CN4CC(C)C(C(=O)O)C4)cc3Cl)on2)cc1Cl. The van der Waals surface area contributed by atoms with Crippen LogP contribution in [0.15, 0.2) is 47.0 Å². The van der Waals surface area contributed by atoms with Gasteiger partial charge in [0.2, 0.25) is 0 Å². The predicted molar refractivity (Wildman–Crippen MR) is 138 cm³/mol. The Morgan fingerprint density at radius 1 is 1.17 bits per heavy atom. The van der Waals surface area contributed by atoms with E-state index in [9.17, 15) is 14.7 Å². The second kappa shape index (κ2) is 10.9. The van der Waals surface area contributed by atoms with Crippen molar-refractivity contribution in [3.05, 3.63) is 63.8 Å². The smallest absolute Gasteiger partial charge is 0.308 e. The first-order valence-electron chi connectivity index (χ1n) is 11.6. The minimum absolute atomic E-state index is 0.0226. The average Bonchev–Trinajstić information content (AvgIpc) is 3.42. The number of hydrogen-bond acceptors (Lipinski definition) is 6. The third-order valence-corrected chi connectivity index (χ3v) is 6.61. The van der Waals surface area contributed by atoms with Gasteiger partial charge in [0.15, 0.2) is 11.5 Å². The number of aliphatic carboxylic acids is 1. The quantitative estimate of drug-likeness (QED) is 0.376. The molecule has 190 valence electrons. The van der Waals surface area contributed by atoms with Crippen LogP contribution in [0.1, 0.15) is 36.8 Å². The van der Waals surface area contributed by atoms with Gasteiger partial charge in [0, 0.05) is 37.0 Å². The molecule has 1 amide bonds. The van der Waals surface area contributed by atoms with Crippen molar-refractivity contribution in [2.45, 2.75) is 33.4 Å². The molecule has 1 fully saturated rings. The Bertz CT molecular complexity index is 1280. The van der Waals surface area contributed by atoms with Gasteiger partial charge in [0.05, 0.1) is 22.1 Å². The van der Waals surface area contributed by atoms with Gasteiger partial charge in [0.1, 0.15) is 5.75 Å². The summed E-state index contributed by atoms with van der Waals surface area (Å²) < 4.78 is 11.0. The summed E-state index contributed by atoms with van der Waals surface area (Å²) in [5, 5.41) is 16.8. The molecule has 0 aliphatic carbocycles. The zero-order chi connectivity index (χ0) is 26.0. The lowest BCUT2D eigenvalue weighted by molar-refractivity contribution is -0.142. The molecule has 2 N–H and O–H groups in total. The number of anilines is 1. The molecule has 0 radical (unpaired) electrons. The number of carboxylic acid groups (broad SMARTS) is 1. The van der Waals surface area contributed by atoms with E-state index >= 15 is 0 Å². The maximum absolute atomic E-state index is 12.7. The highest BCUT2D eigenvalue weighted by Gasteiger charge is 2.34. The van der Waals surface area contributed by atoms with Crippen molar-refractivity contribution in [2.75, 3.05) is 18.4 Å². The third kappa shape index (κ3) is 6.00. The number of aromatic nitrogens is 1. The van der Waals surface area contributed by atoms with E-state index in [4.69, 9.17) is 32.5 Å². The number of benzene rings is 2. The second-order valence-electron chi connectivity index (χ2n) is 9.27. The van der Waals surface area contributed by atoms with Crippen molar-refractivity contribution in [2.24, 2.45) is 11.8 Å². The summed E-state index contributed by atoms with van der Waals surface area (Å²) in [5.41, 5.74) is 2.15. The molecule has 1 aliphatic rings. The van der Waals surface area contributed by atoms with E-state index in [-0.39, 0.29) is 23.6 Å². The van der Waals surface area contributed by atoms with Crippen LogP contribution in [0, 0.1) is 11.8 Å². The molecule has 0 spiro atoms. The summed E-state index contributed by atoms with van der Waals surface area (Å²) in [6, 6.07) is 12.0. The number of carbonyl (C=O) groups excluding carboxylic acids is 1. The molecule has 0 saturated carbocycles. The van der Waals surface area contributed by atoms with Gasteiger partial charge in [-0.1, -0.05) is 41.3 Å². The van der Waals surface area contributed by atoms with Crippen LogP contribution in [0.5, 0.6) is 5.75 Å². The average molecular weight is 532 g/mol. The Morgan fingerprint density at radius 3 is 2.58 bits per heavy atom. The Kier molecular flexibility index (Phi) is 7.88. The molecule has 4 rings (SSSR count). The van der Waals surface area contributed by atoms with Crippen molar-refractivity contribution in [3.8, 4) is 17.1 Å². The van der Waals surface area contributed by atoms with E-state index in [0.717, 1.165) is 12.1 Å². The van der Waals surface area contributed by atoms with E-state index in [1.807, 2.05) is 32.9 Å². The topological polar surface area (TPSA) is 105 Å². The summed E-state index contributed by atoms with van der Waals surface area (Å²) in [6.45, 7) is 7.58.